The Kier molecular flexibility index (Phi) is 8.20. The summed E-state index contributed by atoms with van der Waals surface area (Å²) in [4.78, 5) is 11.5. The van der Waals surface area contributed by atoms with Crippen LogP contribution in [0, 0.1) is 10.1 Å². The molecule has 0 atom stereocenters. The Morgan fingerprint density at radius 2 is 1.44 bits per heavy atom. The number of azo groups is 1. The van der Waals surface area contributed by atoms with Crippen molar-refractivity contribution in [1.82, 2.24) is 0 Å². The highest BCUT2D eigenvalue weighted by atomic mass is 32.2. The molecule has 0 aliphatic rings. The van der Waals surface area contributed by atoms with Crippen molar-refractivity contribution in [1.29, 1.82) is 0 Å². The molecule has 0 aliphatic heterocycles. The predicted molar refractivity (Wildman–Crippen MR) is 115 cm³/mol. The first-order valence-corrected chi connectivity index (χ1v) is 12.1. The minimum atomic E-state index is -4.33. The molecule has 0 aromatic heterocycles. The minimum Gasteiger partial charge on any atom is -0.495 e. The minimum absolute atomic E-state index is 0.0927. The molecule has 2 aromatic carbocycles. The number of nitro groups is 1. The quantitative estimate of drug-likeness (QED) is 0.206. The van der Waals surface area contributed by atoms with E-state index in [0.717, 1.165) is 0 Å². The van der Waals surface area contributed by atoms with Crippen LogP contribution in [-0.4, -0.2) is 62.6 Å². The van der Waals surface area contributed by atoms with Gasteiger partial charge < -0.3 is 9.64 Å². The molecule has 174 valence electrons. The lowest BCUT2D eigenvalue weighted by Gasteiger charge is -2.25. The van der Waals surface area contributed by atoms with Crippen LogP contribution in [0.25, 0.3) is 0 Å². The number of hydrogen-bond acceptors (Lipinski definition) is 10. The zero-order valence-corrected chi connectivity index (χ0v) is 18.4. The van der Waals surface area contributed by atoms with Crippen molar-refractivity contribution < 1.29 is 35.6 Å². The molecule has 0 amide bonds. The second-order valence-electron chi connectivity index (χ2n) is 6.39. The van der Waals surface area contributed by atoms with Crippen LogP contribution in [0.1, 0.15) is 0 Å². The molecular weight excluding hydrogens is 468 g/mol. The summed E-state index contributed by atoms with van der Waals surface area (Å²) in [6.45, 7) is -0.539. The fraction of sp³-hybridized carbons (Fsp3) is 0.294. The molecule has 0 bridgehead atoms. The molecule has 2 aromatic rings. The highest BCUT2D eigenvalue weighted by Gasteiger charge is 2.18. The van der Waals surface area contributed by atoms with Gasteiger partial charge in [-0.05, 0) is 24.3 Å². The van der Waals surface area contributed by atoms with E-state index in [9.17, 15) is 26.9 Å². The van der Waals surface area contributed by atoms with Gasteiger partial charge in [-0.2, -0.15) is 27.1 Å². The maximum Gasteiger partial charge on any atom is 0.269 e. The van der Waals surface area contributed by atoms with E-state index in [2.05, 4.69) is 10.2 Å². The van der Waals surface area contributed by atoms with Gasteiger partial charge in [0, 0.05) is 31.3 Å². The molecule has 32 heavy (non-hydrogen) atoms. The third-order valence-electron chi connectivity index (χ3n) is 4.08. The van der Waals surface area contributed by atoms with Gasteiger partial charge >= 0.3 is 0 Å². The average Bonchev–Trinajstić information content (AvgIpc) is 2.71. The van der Waals surface area contributed by atoms with Crippen LogP contribution in [0.3, 0.4) is 0 Å². The molecule has 2 N–H and O–H groups in total. The summed E-state index contributed by atoms with van der Waals surface area (Å²) in [5.41, 5.74) is 0.897. The zero-order valence-electron chi connectivity index (χ0n) is 16.7. The normalized spacial score (nSPS) is 12.1. The molecular formula is C17H20N4O9S2. The number of rotatable bonds is 11. The Hall–Kier alpha value is -3.14. The van der Waals surface area contributed by atoms with Gasteiger partial charge in [-0.25, -0.2) is 0 Å². The van der Waals surface area contributed by atoms with Gasteiger partial charge in [0.05, 0.1) is 40.6 Å². The highest BCUT2D eigenvalue weighted by molar-refractivity contribution is 7.86. The van der Waals surface area contributed by atoms with Crippen molar-refractivity contribution in [3.8, 4) is 5.75 Å². The second-order valence-corrected chi connectivity index (χ2v) is 9.53. The van der Waals surface area contributed by atoms with Crippen LogP contribution in [0.2, 0.25) is 0 Å². The monoisotopic (exact) mass is 488 g/mol. The Bertz CT molecular complexity index is 1160. The first-order valence-electron chi connectivity index (χ1n) is 8.87. The van der Waals surface area contributed by atoms with Gasteiger partial charge in [0.2, 0.25) is 0 Å². The van der Waals surface area contributed by atoms with Crippen LogP contribution in [0.4, 0.5) is 22.7 Å². The number of nitro benzene ring substituents is 1. The van der Waals surface area contributed by atoms with Gasteiger partial charge in [-0.1, -0.05) is 0 Å². The van der Waals surface area contributed by atoms with Crippen LogP contribution in [0.5, 0.6) is 5.75 Å². The summed E-state index contributed by atoms with van der Waals surface area (Å²) in [5, 5.41) is 18.7. The summed E-state index contributed by atoms with van der Waals surface area (Å²) in [6.07, 6.45) is 0. The number of anilines is 1. The lowest BCUT2D eigenvalue weighted by atomic mass is 10.2. The van der Waals surface area contributed by atoms with Crippen molar-refractivity contribution in [2.75, 3.05) is 36.6 Å². The third kappa shape index (κ3) is 8.18. The van der Waals surface area contributed by atoms with Crippen molar-refractivity contribution in [3.05, 3.63) is 52.6 Å². The molecule has 13 nitrogen and oxygen atoms in total. The maximum absolute atomic E-state index is 11.1. The lowest BCUT2D eigenvalue weighted by molar-refractivity contribution is -0.384. The number of nitrogens with zero attached hydrogens (tertiary/aromatic N) is 4. The number of ether oxygens (including phenoxy) is 1. The molecule has 0 heterocycles. The van der Waals surface area contributed by atoms with Crippen LogP contribution in [0.15, 0.2) is 52.7 Å². The van der Waals surface area contributed by atoms with Crippen molar-refractivity contribution >= 4 is 43.0 Å². The Morgan fingerprint density at radius 3 is 1.91 bits per heavy atom. The van der Waals surface area contributed by atoms with Crippen molar-refractivity contribution in [2.24, 2.45) is 10.2 Å². The fourth-order valence-corrected chi connectivity index (χ4v) is 3.45. The largest absolute Gasteiger partial charge is 0.495 e. The van der Waals surface area contributed by atoms with Gasteiger partial charge in [0.1, 0.15) is 5.75 Å². The van der Waals surface area contributed by atoms with E-state index in [1.54, 1.807) is 0 Å². The van der Waals surface area contributed by atoms with Crippen molar-refractivity contribution in [3.63, 3.8) is 0 Å². The summed E-state index contributed by atoms with van der Waals surface area (Å²) >= 11 is 0. The molecule has 0 spiro atoms. The summed E-state index contributed by atoms with van der Waals surface area (Å²) in [5.74, 6) is -1.15. The molecule has 0 radical (unpaired) electrons. The van der Waals surface area contributed by atoms with Crippen molar-refractivity contribution in [2.45, 2.75) is 0 Å². The maximum atomic E-state index is 11.1. The molecule has 2 rings (SSSR count). The first kappa shape index (κ1) is 25.1. The summed E-state index contributed by atoms with van der Waals surface area (Å²) in [6, 6.07) is 9.83. The number of non-ortho nitro benzene ring substituents is 1. The SMILES string of the molecule is COc1cc(N=Nc2ccc([N+](=O)[O-])cc2)ccc1N(CCS(=O)(=O)O)CCS(=O)(=O)O. The standard InChI is InChI=1S/C17H20N4O9S2/c1-30-17-12-14(19-18-13-2-5-15(6-3-13)21(22)23)4-7-16(17)20(8-10-31(24,25)26)9-11-32(27,28)29/h2-7,12H,8-11H2,1H3,(H,24,25,26)(H,27,28,29). The van der Waals surface area contributed by atoms with E-state index < -0.39 is 36.7 Å². The highest BCUT2D eigenvalue weighted by Crippen LogP contribution is 2.33. The van der Waals surface area contributed by atoms with Crippen LogP contribution in [-0.2, 0) is 20.2 Å². The van der Waals surface area contributed by atoms with E-state index in [-0.39, 0.29) is 24.5 Å². The molecule has 0 aliphatic carbocycles. The lowest BCUT2D eigenvalue weighted by Crippen LogP contribution is -2.33. The number of methoxy groups -OCH3 is 1. The summed E-state index contributed by atoms with van der Waals surface area (Å²) < 4.78 is 67.8. The van der Waals surface area contributed by atoms with E-state index in [0.29, 0.717) is 17.1 Å². The molecule has 0 saturated carbocycles. The van der Waals surface area contributed by atoms with Gasteiger partial charge in [0.25, 0.3) is 25.9 Å². The smallest absolute Gasteiger partial charge is 0.269 e. The topological polar surface area (TPSA) is 189 Å². The third-order valence-corrected chi connectivity index (χ3v) is 5.48. The fourth-order valence-electron chi connectivity index (χ4n) is 2.55. The number of hydrogen-bond donors (Lipinski definition) is 2. The molecule has 0 unspecified atom stereocenters. The van der Waals surface area contributed by atoms with E-state index in [1.807, 2.05) is 0 Å². The predicted octanol–water partition coefficient (Wildman–Crippen LogP) is 2.60. The molecule has 0 saturated heterocycles. The van der Waals surface area contributed by atoms with E-state index in [4.69, 9.17) is 13.8 Å². The van der Waals surface area contributed by atoms with Gasteiger partial charge in [0.15, 0.2) is 0 Å². The van der Waals surface area contributed by atoms with E-state index >= 15 is 0 Å². The van der Waals surface area contributed by atoms with Gasteiger partial charge in [-0.3, -0.25) is 19.2 Å². The zero-order chi connectivity index (χ0) is 23.9. The van der Waals surface area contributed by atoms with Gasteiger partial charge in [-0.15, -0.1) is 0 Å². The Balaban J connectivity index is 2.28. The van der Waals surface area contributed by atoms with Crippen LogP contribution >= 0.6 is 0 Å². The Morgan fingerprint density at radius 1 is 0.938 bits per heavy atom. The Labute approximate surface area is 184 Å². The summed E-state index contributed by atoms with van der Waals surface area (Å²) in [7, 11) is -7.32. The second kappa shape index (κ2) is 10.4. The number of benzene rings is 2. The van der Waals surface area contributed by atoms with Crippen LogP contribution < -0.4 is 9.64 Å². The molecule has 15 heteroatoms. The average molecular weight is 489 g/mol. The first-order chi connectivity index (χ1) is 14.9. The molecule has 0 fully saturated rings. The van der Waals surface area contributed by atoms with E-state index in [1.165, 1.54) is 54.5 Å².